The lowest BCUT2D eigenvalue weighted by molar-refractivity contribution is -0.136. The molecule has 2 aliphatic rings. The smallest absolute Gasteiger partial charge is 0.329 e. The Bertz CT molecular complexity index is 664. The van der Waals surface area contributed by atoms with Crippen LogP contribution in [0.1, 0.15) is 46.5 Å². The van der Waals surface area contributed by atoms with Gasteiger partial charge in [0.05, 0.1) is 0 Å². The molecule has 0 atom stereocenters. The molecule has 1 aliphatic carbocycles. The zero-order valence-corrected chi connectivity index (χ0v) is 16.0. The first-order valence-electron chi connectivity index (χ1n) is 9.02. The Labute approximate surface area is 160 Å². The lowest BCUT2D eigenvalue weighted by atomic mass is 9.67. The summed E-state index contributed by atoms with van der Waals surface area (Å²) in [4.78, 5) is 48.8. The van der Waals surface area contributed by atoms with E-state index in [1.807, 2.05) is 0 Å². The quantitative estimate of drug-likeness (QED) is 0.622. The molecular formula is C17H25F3N4O4. The van der Waals surface area contributed by atoms with E-state index in [0.29, 0.717) is 23.7 Å². The van der Waals surface area contributed by atoms with E-state index in [2.05, 4.69) is 26.1 Å². The molecule has 2 fully saturated rings. The largest absolute Gasteiger partial charge is 0.405 e. The van der Waals surface area contributed by atoms with Crippen LogP contribution in [0.3, 0.4) is 0 Å². The minimum absolute atomic E-state index is 0.0800. The highest BCUT2D eigenvalue weighted by molar-refractivity contribution is 6.10. The summed E-state index contributed by atoms with van der Waals surface area (Å²) in [6.07, 6.45) is -2.23. The van der Waals surface area contributed by atoms with Gasteiger partial charge in [-0.05, 0) is 37.0 Å². The maximum absolute atomic E-state index is 12.7. The first-order chi connectivity index (χ1) is 12.7. The van der Waals surface area contributed by atoms with E-state index < -0.39 is 48.7 Å². The summed E-state index contributed by atoms with van der Waals surface area (Å²) in [5.41, 5.74) is -0.978. The molecular weight excluding hydrogens is 381 g/mol. The van der Waals surface area contributed by atoms with Crippen LogP contribution in [-0.2, 0) is 9.59 Å². The molecule has 0 aromatic rings. The van der Waals surface area contributed by atoms with E-state index >= 15 is 0 Å². The molecule has 2 rings (SSSR count). The molecule has 1 saturated carbocycles. The van der Waals surface area contributed by atoms with Crippen molar-refractivity contribution in [3.05, 3.63) is 0 Å². The van der Waals surface area contributed by atoms with Gasteiger partial charge in [0.2, 0.25) is 5.91 Å². The van der Waals surface area contributed by atoms with Crippen molar-refractivity contribution in [2.24, 2.45) is 11.3 Å². The Morgan fingerprint density at radius 2 is 1.75 bits per heavy atom. The van der Waals surface area contributed by atoms with Crippen molar-refractivity contribution < 1.29 is 32.3 Å². The molecule has 1 aliphatic heterocycles. The fraction of sp³-hybridized carbons (Fsp3) is 0.765. The molecule has 11 heteroatoms. The monoisotopic (exact) mass is 406 g/mol. The van der Waals surface area contributed by atoms with Crippen molar-refractivity contribution in [3.63, 3.8) is 0 Å². The fourth-order valence-corrected chi connectivity index (χ4v) is 3.67. The van der Waals surface area contributed by atoms with Gasteiger partial charge in [-0.2, -0.15) is 13.2 Å². The lowest BCUT2D eigenvalue weighted by Gasteiger charge is -2.40. The van der Waals surface area contributed by atoms with Gasteiger partial charge in [-0.3, -0.25) is 19.8 Å². The van der Waals surface area contributed by atoms with Gasteiger partial charge in [0, 0.05) is 0 Å². The minimum Gasteiger partial charge on any atom is -0.329 e. The number of nitrogens with one attached hydrogen (secondary N) is 3. The lowest BCUT2D eigenvalue weighted by Crippen LogP contribution is -2.51. The topological polar surface area (TPSA) is 108 Å². The molecule has 3 N–H and O–H groups in total. The molecule has 1 spiro atoms. The second kappa shape index (κ2) is 7.59. The van der Waals surface area contributed by atoms with Crippen molar-refractivity contribution in [2.75, 3.05) is 13.1 Å². The Kier molecular flexibility index (Phi) is 5.95. The zero-order chi connectivity index (χ0) is 21.3. The number of alkyl halides is 3. The molecule has 0 aromatic heterocycles. The molecule has 28 heavy (non-hydrogen) atoms. The molecule has 1 saturated heterocycles. The first kappa shape index (κ1) is 22.0. The number of imide groups is 2. The summed E-state index contributed by atoms with van der Waals surface area (Å²) < 4.78 is 36.2. The number of hydrogen-bond donors (Lipinski definition) is 3. The maximum atomic E-state index is 12.7. The summed E-state index contributed by atoms with van der Waals surface area (Å²) in [5, 5.41) is 5.81. The third-order valence-corrected chi connectivity index (χ3v) is 5.31. The Morgan fingerprint density at radius 3 is 2.25 bits per heavy atom. The summed E-state index contributed by atoms with van der Waals surface area (Å²) in [6.45, 7) is 4.00. The summed E-state index contributed by atoms with van der Waals surface area (Å²) in [5.74, 6) is -1.20. The fourth-order valence-electron chi connectivity index (χ4n) is 3.67. The second-order valence-corrected chi connectivity index (χ2v) is 8.39. The number of hydrogen-bond acceptors (Lipinski definition) is 4. The number of halogens is 3. The minimum atomic E-state index is -4.62. The number of urea groups is 2. The summed E-state index contributed by atoms with van der Waals surface area (Å²) in [7, 11) is 0. The summed E-state index contributed by atoms with van der Waals surface area (Å²) in [6, 6.07) is -2.10. The first-order valence-corrected chi connectivity index (χ1v) is 9.02. The van der Waals surface area contributed by atoms with Crippen molar-refractivity contribution in [1.82, 2.24) is 20.9 Å². The Balaban J connectivity index is 1.92. The van der Waals surface area contributed by atoms with Crippen LogP contribution in [0.15, 0.2) is 0 Å². The number of nitrogens with zero attached hydrogens (tertiary/aromatic N) is 1. The van der Waals surface area contributed by atoms with Crippen LogP contribution in [-0.4, -0.2) is 53.6 Å². The van der Waals surface area contributed by atoms with Gasteiger partial charge < -0.3 is 10.6 Å². The Morgan fingerprint density at radius 1 is 1.18 bits per heavy atom. The van der Waals surface area contributed by atoms with E-state index in [-0.39, 0.29) is 5.41 Å². The van der Waals surface area contributed by atoms with Crippen LogP contribution in [0.5, 0.6) is 0 Å². The van der Waals surface area contributed by atoms with Gasteiger partial charge >= 0.3 is 18.2 Å². The van der Waals surface area contributed by atoms with E-state index in [4.69, 9.17) is 0 Å². The number of amides is 6. The highest BCUT2D eigenvalue weighted by Crippen LogP contribution is 2.43. The molecule has 0 aromatic carbocycles. The van der Waals surface area contributed by atoms with E-state index in [0.717, 1.165) is 12.8 Å². The standard InChI is InChI=1S/C17H25F3N4O4/c1-15(2,3)10-4-6-16(7-5-10)12(26)24(14(28)23-16)8-11(25)22-13(27)21-9-17(18,19)20/h10H,4-9H2,1-3H3,(H,23,28)(H2,21,22,25,27). The molecule has 0 bridgehead atoms. The van der Waals surface area contributed by atoms with Gasteiger partial charge in [-0.25, -0.2) is 9.59 Å². The van der Waals surface area contributed by atoms with Gasteiger partial charge in [0.1, 0.15) is 18.6 Å². The van der Waals surface area contributed by atoms with Crippen LogP contribution >= 0.6 is 0 Å². The zero-order valence-electron chi connectivity index (χ0n) is 16.0. The highest BCUT2D eigenvalue weighted by Gasteiger charge is 2.53. The van der Waals surface area contributed by atoms with Crippen LogP contribution in [0.25, 0.3) is 0 Å². The van der Waals surface area contributed by atoms with Crippen LogP contribution in [0, 0.1) is 11.3 Å². The van der Waals surface area contributed by atoms with Crippen molar-refractivity contribution in [3.8, 4) is 0 Å². The molecule has 8 nitrogen and oxygen atoms in total. The van der Waals surface area contributed by atoms with Crippen molar-refractivity contribution >= 4 is 23.9 Å². The molecule has 158 valence electrons. The number of carbonyl (C=O) groups excluding carboxylic acids is 4. The molecule has 0 radical (unpaired) electrons. The van der Waals surface area contributed by atoms with Crippen molar-refractivity contribution in [1.29, 1.82) is 0 Å². The van der Waals surface area contributed by atoms with Crippen molar-refractivity contribution in [2.45, 2.75) is 58.2 Å². The summed E-state index contributed by atoms with van der Waals surface area (Å²) >= 11 is 0. The highest BCUT2D eigenvalue weighted by atomic mass is 19.4. The average Bonchev–Trinajstić information content (AvgIpc) is 2.76. The number of carbonyl (C=O) groups is 4. The van der Waals surface area contributed by atoms with Gasteiger partial charge in [-0.1, -0.05) is 20.8 Å². The van der Waals surface area contributed by atoms with Crippen LogP contribution in [0.2, 0.25) is 0 Å². The van der Waals surface area contributed by atoms with E-state index in [9.17, 15) is 32.3 Å². The maximum Gasteiger partial charge on any atom is 0.405 e. The normalized spacial score (nSPS) is 25.6. The molecule has 1 heterocycles. The SMILES string of the molecule is CC(C)(C)C1CCC2(CC1)NC(=O)N(CC(=O)NC(=O)NCC(F)(F)F)C2=O. The van der Waals surface area contributed by atoms with E-state index in [1.54, 1.807) is 5.32 Å². The van der Waals surface area contributed by atoms with Gasteiger partial charge in [0.15, 0.2) is 0 Å². The van der Waals surface area contributed by atoms with Crippen LogP contribution in [0.4, 0.5) is 22.8 Å². The van der Waals surface area contributed by atoms with Gasteiger partial charge in [0.25, 0.3) is 5.91 Å². The predicted octanol–water partition coefficient (Wildman–Crippen LogP) is 1.90. The third-order valence-electron chi connectivity index (χ3n) is 5.31. The van der Waals surface area contributed by atoms with Crippen LogP contribution < -0.4 is 16.0 Å². The third kappa shape index (κ3) is 5.14. The number of rotatable bonds is 3. The Hall–Kier alpha value is -2.33. The molecule has 0 unspecified atom stereocenters. The molecule has 6 amide bonds. The predicted molar refractivity (Wildman–Crippen MR) is 92.0 cm³/mol. The average molecular weight is 406 g/mol. The second-order valence-electron chi connectivity index (χ2n) is 8.39. The van der Waals surface area contributed by atoms with E-state index in [1.165, 1.54) is 5.32 Å². The van der Waals surface area contributed by atoms with Gasteiger partial charge in [-0.15, -0.1) is 0 Å².